The molecule has 2 aromatic carbocycles. The van der Waals surface area contributed by atoms with Crippen LogP contribution in [0.3, 0.4) is 0 Å². The van der Waals surface area contributed by atoms with Gasteiger partial charge in [-0.1, -0.05) is 60.7 Å². The van der Waals surface area contributed by atoms with E-state index >= 15 is 0 Å². The van der Waals surface area contributed by atoms with Crippen LogP contribution in [-0.4, -0.2) is 31.0 Å². The number of rotatable bonds is 4. The van der Waals surface area contributed by atoms with Gasteiger partial charge in [-0.15, -0.1) is 0 Å². The second kappa shape index (κ2) is 10.1. The molecule has 1 fully saturated rings. The van der Waals surface area contributed by atoms with Crippen molar-refractivity contribution in [2.75, 3.05) is 11.5 Å². The maximum atomic E-state index is 11.8. The minimum atomic E-state index is -2.92. The van der Waals surface area contributed by atoms with E-state index in [0.717, 1.165) is 11.1 Å². The summed E-state index contributed by atoms with van der Waals surface area (Å²) in [5.41, 5.74) is 1.90. The molecule has 0 spiro atoms. The summed E-state index contributed by atoms with van der Waals surface area (Å²) in [5.74, 6) is -0.359. The first-order chi connectivity index (χ1) is 12.5. The molecule has 3 rings (SSSR count). The zero-order chi connectivity index (χ0) is 18.8. The highest BCUT2D eigenvalue weighted by Gasteiger charge is 2.29. The second-order valence-electron chi connectivity index (χ2n) is 6.16. The minimum absolute atomic E-state index is 0.0953. The summed E-state index contributed by atoms with van der Waals surface area (Å²) in [6, 6.07) is 19.0. The van der Waals surface area contributed by atoms with Gasteiger partial charge < -0.3 is 9.84 Å². The molecule has 0 saturated carbocycles. The maximum Gasteiger partial charge on any atom is 0.309 e. The fourth-order valence-corrected chi connectivity index (χ4v) is 4.05. The Kier molecular flexibility index (Phi) is 7.81. The van der Waals surface area contributed by atoms with Crippen molar-refractivity contribution in [1.82, 2.24) is 0 Å². The molecule has 1 aliphatic rings. The molecule has 0 aliphatic carbocycles. The smallest absolute Gasteiger partial charge is 0.309 e. The van der Waals surface area contributed by atoms with E-state index in [2.05, 4.69) is 0 Å². The number of hydrogen-bond acceptors (Lipinski definition) is 5. The Morgan fingerprint density at radius 3 is 1.88 bits per heavy atom. The van der Waals surface area contributed by atoms with Crippen molar-refractivity contribution in [3.05, 3.63) is 71.8 Å². The lowest BCUT2D eigenvalue weighted by atomic mass is 10.0. The van der Waals surface area contributed by atoms with E-state index in [1.165, 1.54) is 0 Å². The summed E-state index contributed by atoms with van der Waals surface area (Å²) < 4.78 is 27.7. The maximum absolute atomic E-state index is 11.8. The molecule has 1 N–H and O–H groups in total. The molecule has 26 heavy (non-hydrogen) atoms. The van der Waals surface area contributed by atoms with E-state index in [4.69, 9.17) is 9.84 Å². The van der Waals surface area contributed by atoms with Gasteiger partial charge in [0.1, 0.15) is 16.4 Å². The SMILES string of the molecule is O=C(OCc1ccccc1)C1CCS(=O)(=O)CC1.OCc1ccccc1. The van der Waals surface area contributed by atoms with Crippen molar-refractivity contribution in [2.24, 2.45) is 5.92 Å². The average molecular weight is 376 g/mol. The normalized spacial score (nSPS) is 16.2. The monoisotopic (exact) mass is 376 g/mol. The van der Waals surface area contributed by atoms with Crippen LogP contribution in [-0.2, 0) is 32.6 Å². The fraction of sp³-hybridized carbons (Fsp3) is 0.350. The van der Waals surface area contributed by atoms with Gasteiger partial charge in [-0.2, -0.15) is 0 Å². The lowest BCUT2D eigenvalue weighted by Crippen LogP contribution is -2.29. The van der Waals surface area contributed by atoms with Gasteiger partial charge in [0.15, 0.2) is 0 Å². The summed E-state index contributed by atoms with van der Waals surface area (Å²) in [6.45, 7) is 0.393. The van der Waals surface area contributed by atoms with Gasteiger partial charge in [0.2, 0.25) is 0 Å². The quantitative estimate of drug-likeness (QED) is 0.830. The molecule has 1 heterocycles. The van der Waals surface area contributed by atoms with Crippen molar-refractivity contribution < 1.29 is 23.1 Å². The highest BCUT2D eigenvalue weighted by Crippen LogP contribution is 2.20. The molecule has 6 heteroatoms. The Morgan fingerprint density at radius 2 is 1.42 bits per heavy atom. The van der Waals surface area contributed by atoms with E-state index in [0.29, 0.717) is 12.8 Å². The summed E-state index contributed by atoms with van der Waals surface area (Å²) in [4.78, 5) is 11.8. The Hall–Kier alpha value is -2.18. The van der Waals surface area contributed by atoms with Crippen LogP contribution in [0.4, 0.5) is 0 Å². The third-order valence-electron chi connectivity index (χ3n) is 4.14. The first-order valence-electron chi connectivity index (χ1n) is 8.56. The predicted molar refractivity (Wildman–Crippen MR) is 100.0 cm³/mol. The number of hydrogen-bond donors (Lipinski definition) is 1. The van der Waals surface area contributed by atoms with Gasteiger partial charge >= 0.3 is 5.97 Å². The molecule has 0 radical (unpaired) electrons. The molecule has 0 amide bonds. The summed E-state index contributed by atoms with van der Waals surface area (Å²) in [6.07, 6.45) is 0.770. The van der Waals surface area contributed by atoms with Gasteiger partial charge in [-0.3, -0.25) is 4.79 Å². The van der Waals surface area contributed by atoms with Crippen LogP contribution in [0.25, 0.3) is 0 Å². The number of sulfone groups is 1. The molecular weight excluding hydrogens is 352 g/mol. The zero-order valence-electron chi connectivity index (χ0n) is 14.6. The number of esters is 1. The van der Waals surface area contributed by atoms with Gasteiger partial charge in [0.05, 0.1) is 24.0 Å². The van der Waals surface area contributed by atoms with Crippen molar-refractivity contribution in [2.45, 2.75) is 26.1 Å². The lowest BCUT2D eigenvalue weighted by Gasteiger charge is -2.20. The summed E-state index contributed by atoms with van der Waals surface area (Å²) >= 11 is 0. The molecule has 140 valence electrons. The predicted octanol–water partition coefficient (Wildman–Crippen LogP) is 2.73. The van der Waals surface area contributed by atoms with Crippen LogP contribution in [0.15, 0.2) is 60.7 Å². The van der Waals surface area contributed by atoms with E-state index in [1.807, 2.05) is 60.7 Å². The molecule has 0 bridgehead atoms. The van der Waals surface area contributed by atoms with Gasteiger partial charge in [0.25, 0.3) is 0 Å². The molecule has 1 aliphatic heterocycles. The van der Waals surface area contributed by atoms with Gasteiger partial charge in [-0.05, 0) is 24.0 Å². The minimum Gasteiger partial charge on any atom is -0.461 e. The lowest BCUT2D eigenvalue weighted by molar-refractivity contribution is -0.150. The van der Waals surface area contributed by atoms with Crippen molar-refractivity contribution >= 4 is 15.8 Å². The largest absolute Gasteiger partial charge is 0.461 e. The third-order valence-corrected chi connectivity index (χ3v) is 5.85. The topological polar surface area (TPSA) is 80.7 Å². The van der Waals surface area contributed by atoms with E-state index < -0.39 is 9.84 Å². The molecule has 5 nitrogen and oxygen atoms in total. The van der Waals surface area contributed by atoms with Gasteiger partial charge in [0, 0.05) is 0 Å². The highest BCUT2D eigenvalue weighted by molar-refractivity contribution is 7.91. The molecule has 0 unspecified atom stereocenters. The molecule has 2 aromatic rings. The first kappa shape index (κ1) is 20.1. The van der Waals surface area contributed by atoms with Crippen molar-refractivity contribution in [1.29, 1.82) is 0 Å². The van der Waals surface area contributed by atoms with Crippen molar-refractivity contribution in [3.63, 3.8) is 0 Å². The molecule has 1 saturated heterocycles. The summed E-state index contributed by atoms with van der Waals surface area (Å²) in [7, 11) is -2.92. The first-order valence-corrected chi connectivity index (χ1v) is 10.4. The van der Waals surface area contributed by atoms with Crippen LogP contribution in [0.1, 0.15) is 24.0 Å². The molecule has 0 aromatic heterocycles. The highest BCUT2D eigenvalue weighted by atomic mass is 32.2. The second-order valence-corrected chi connectivity index (χ2v) is 8.47. The molecular formula is C20H24O5S. The fourth-order valence-electron chi connectivity index (χ4n) is 2.56. The standard InChI is InChI=1S/C13H16O4S.C7H8O/c14-13(12-6-8-18(15,16)9-7-12)17-10-11-4-2-1-3-5-11;8-6-7-4-2-1-3-5-7/h1-5,12H,6-10H2;1-5,8H,6H2. The number of benzene rings is 2. The zero-order valence-corrected chi connectivity index (χ0v) is 15.4. The Balaban J connectivity index is 0.000000254. The number of ether oxygens (including phenoxy) is 1. The van der Waals surface area contributed by atoms with Crippen LogP contribution < -0.4 is 0 Å². The van der Waals surface area contributed by atoms with Crippen LogP contribution >= 0.6 is 0 Å². The Labute approximate surface area is 154 Å². The van der Waals surface area contributed by atoms with Crippen molar-refractivity contribution in [3.8, 4) is 0 Å². The summed E-state index contributed by atoms with van der Waals surface area (Å²) in [5, 5.41) is 8.54. The number of carbonyl (C=O) groups is 1. The Bertz CT molecular complexity index is 758. The van der Waals surface area contributed by atoms with Crippen LogP contribution in [0.5, 0.6) is 0 Å². The molecule has 0 atom stereocenters. The van der Waals surface area contributed by atoms with Crippen LogP contribution in [0.2, 0.25) is 0 Å². The Morgan fingerprint density at radius 1 is 0.923 bits per heavy atom. The number of aliphatic hydroxyl groups is 1. The number of carbonyl (C=O) groups excluding carboxylic acids is 1. The van der Waals surface area contributed by atoms with E-state index in [-0.39, 0.29) is 36.6 Å². The van der Waals surface area contributed by atoms with Crippen LogP contribution in [0, 0.1) is 5.92 Å². The van der Waals surface area contributed by atoms with E-state index in [9.17, 15) is 13.2 Å². The van der Waals surface area contributed by atoms with E-state index in [1.54, 1.807) is 0 Å². The average Bonchev–Trinajstić information content (AvgIpc) is 2.68. The van der Waals surface area contributed by atoms with Gasteiger partial charge in [-0.25, -0.2) is 8.42 Å². The third kappa shape index (κ3) is 6.98. The number of aliphatic hydroxyl groups excluding tert-OH is 1.